The normalized spacial score (nSPS) is 11.4. The van der Waals surface area contributed by atoms with E-state index in [-0.39, 0.29) is 0 Å². The van der Waals surface area contributed by atoms with Crippen LogP contribution in [0.3, 0.4) is 0 Å². The molecule has 0 radical (unpaired) electrons. The Kier molecular flexibility index (Phi) is 45.3. The molecule has 8 heterocycles. The minimum absolute atomic E-state index is 0.502. The number of aromatic nitrogens is 4. The first kappa shape index (κ1) is 94.8. The molecule has 0 saturated carbocycles. The fourth-order valence-corrected chi connectivity index (χ4v) is 13.1. The SMILES string of the molecule is CC(C)c1ccc(C(C)C)cc1.CC(C)c1ccc(C(C)C)nc1.CC(C)c1ccc(C(C)C)o1.CC(C)c1ccc(C(C)C)s1.CC(C)c1cccc(C(C)C)n1.CC(C)c1cnc(C(C)C)s1.CC(C)c1coc(C(C)C)c1.CC(C)c1csc(C(C)C)c1.CC(C)c1csc(C(C)C)n1. The van der Waals surface area contributed by atoms with Gasteiger partial charge in [0, 0.05) is 84.0 Å². The lowest BCUT2D eigenvalue weighted by atomic mass is 9.97. The van der Waals surface area contributed by atoms with Crippen molar-refractivity contribution in [1.82, 2.24) is 19.9 Å². The molecule has 6 nitrogen and oxygen atoms in total. The molecule has 0 amide bonds. The Labute approximate surface area is 643 Å². The molecule has 8 aromatic heterocycles. The summed E-state index contributed by atoms with van der Waals surface area (Å²) in [6.45, 7) is 79.0. The molecule has 0 aliphatic rings. The molecule has 0 unspecified atom stereocenters. The van der Waals surface area contributed by atoms with E-state index in [2.05, 4.69) is 371 Å². The molecular formula is C92H146N4O2S4. The van der Waals surface area contributed by atoms with Crippen LogP contribution in [-0.4, -0.2) is 19.9 Å². The molecule has 0 fully saturated rings. The smallest absolute Gasteiger partial charge is 0.106 e. The van der Waals surface area contributed by atoms with Gasteiger partial charge in [-0.05, 0) is 165 Å². The quantitative estimate of drug-likeness (QED) is 0.0852. The highest BCUT2D eigenvalue weighted by Gasteiger charge is 2.13. The summed E-state index contributed by atoms with van der Waals surface area (Å²) in [7, 11) is 0. The molecule has 570 valence electrons. The summed E-state index contributed by atoms with van der Waals surface area (Å²) in [4.78, 5) is 23.8. The molecule has 9 rings (SSSR count). The molecule has 10 heteroatoms. The third-order valence-corrected chi connectivity index (χ3v) is 22.6. The van der Waals surface area contributed by atoms with Crippen molar-refractivity contribution in [2.24, 2.45) is 0 Å². The van der Waals surface area contributed by atoms with Crippen LogP contribution in [0.25, 0.3) is 0 Å². The average Bonchev–Trinajstić information content (AvgIpc) is 1.72. The first-order valence-electron chi connectivity index (χ1n) is 38.8. The number of hydrogen-bond donors (Lipinski definition) is 0. The Morgan fingerprint density at radius 2 is 0.667 bits per heavy atom. The number of benzene rings is 1. The predicted octanol–water partition coefficient (Wildman–Crippen LogP) is 32.4. The lowest BCUT2D eigenvalue weighted by Gasteiger charge is -2.08. The van der Waals surface area contributed by atoms with Crippen molar-refractivity contribution >= 4 is 45.3 Å². The Bertz CT molecular complexity index is 2890. The van der Waals surface area contributed by atoms with Crippen molar-refractivity contribution < 1.29 is 8.83 Å². The van der Waals surface area contributed by atoms with Crippen LogP contribution in [0.2, 0.25) is 0 Å². The van der Waals surface area contributed by atoms with Crippen LogP contribution in [0, 0.1) is 0 Å². The summed E-state index contributed by atoms with van der Waals surface area (Å²) in [5.74, 6) is 13.9. The van der Waals surface area contributed by atoms with Crippen LogP contribution < -0.4 is 0 Å². The van der Waals surface area contributed by atoms with E-state index in [0.29, 0.717) is 107 Å². The van der Waals surface area contributed by atoms with Gasteiger partial charge in [-0.25, -0.2) is 9.97 Å². The van der Waals surface area contributed by atoms with Crippen LogP contribution in [0.4, 0.5) is 0 Å². The number of furan rings is 2. The second-order valence-electron chi connectivity index (χ2n) is 32.7. The lowest BCUT2D eigenvalue weighted by Crippen LogP contribution is -1.98. The maximum absolute atomic E-state index is 5.61. The standard InChI is InChI=1S/C12H18.2C11H17N.2C10H16O.2C10H16S.2C9H15NS/c1-9(2)11-5-7-12(8-6-11)10(3)4;1-8(2)10-5-6-11(9(3)4)12-7-10;1-8(2)10-6-5-7-11(12-10)9(3)4;1-7(2)9-5-10(8(3)4)11-6-9;1-7(2)9-5-6-10(11-9)8(3)4;1-7(2)9-5-10(8(3)4)11-6-9;1-7(2)9-5-6-10(11-9)8(3)4;1-6(2)8-5-11-9(10-8)7(3)4;1-6(2)8-5-10-9(11-8)7(3)4/h5-10H,1-4H3;2*5-9H,1-4H3;4*5-8H,1-4H3;2*5-7H,1-4H3. The van der Waals surface area contributed by atoms with Gasteiger partial charge < -0.3 is 8.83 Å². The number of nitrogens with zero attached hydrogens (tertiary/aromatic N) is 4. The van der Waals surface area contributed by atoms with Crippen molar-refractivity contribution in [1.29, 1.82) is 0 Å². The molecule has 102 heavy (non-hydrogen) atoms. The lowest BCUT2D eigenvalue weighted by molar-refractivity contribution is 0.432. The Balaban J connectivity index is 0.000000574. The van der Waals surface area contributed by atoms with Crippen molar-refractivity contribution in [3.8, 4) is 0 Å². The monoisotopic (exact) mass is 1470 g/mol. The molecular weight excluding hydrogens is 1320 g/mol. The van der Waals surface area contributed by atoms with Gasteiger partial charge in [0.2, 0.25) is 0 Å². The molecule has 0 aliphatic heterocycles. The molecule has 9 aromatic rings. The van der Waals surface area contributed by atoms with E-state index in [0.717, 1.165) is 17.3 Å². The second kappa shape index (κ2) is 48.8. The van der Waals surface area contributed by atoms with E-state index in [1.807, 2.05) is 52.7 Å². The number of rotatable bonds is 18. The third-order valence-electron chi connectivity index (χ3n) is 16.9. The van der Waals surface area contributed by atoms with E-state index >= 15 is 0 Å². The molecule has 1 aromatic carbocycles. The van der Waals surface area contributed by atoms with Crippen LogP contribution in [0.15, 0.2) is 129 Å². The number of thiazole rings is 2. The zero-order valence-corrected chi connectivity index (χ0v) is 74.4. The molecule has 0 bridgehead atoms. The summed E-state index contributed by atoms with van der Waals surface area (Å²) >= 11 is 7.45. The van der Waals surface area contributed by atoms with E-state index in [4.69, 9.17) is 8.83 Å². The van der Waals surface area contributed by atoms with Gasteiger partial charge in [-0.2, -0.15) is 0 Å². The maximum atomic E-state index is 5.61. The zero-order chi connectivity index (χ0) is 78.0. The van der Waals surface area contributed by atoms with Crippen LogP contribution in [0.5, 0.6) is 0 Å². The largest absolute Gasteiger partial charge is 0.469 e. The van der Waals surface area contributed by atoms with Gasteiger partial charge in [0.15, 0.2) is 0 Å². The summed E-state index contributed by atoms with van der Waals surface area (Å²) < 4.78 is 11.0. The highest BCUT2D eigenvalue weighted by atomic mass is 32.1. The van der Waals surface area contributed by atoms with Crippen molar-refractivity contribution in [3.05, 3.63) is 218 Å². The van der Waals surface area contributed by atoms with E-state index in [1.54, 1.807) is 11.3 Å². The molecule has 0 N–H and O–H groups in total. The summed E-state index contributed by atoms with van der Waals surface area (Å²) in [5, 5.41) is 6.96. The summed E-state index contributed by atoms with van der Waals surface area (Å²) in [6.07, 6.45) is 5.85. The van der Waals surface area contributed by atoms with Gasteiger partial charge in [-0.15, -0.1) is 45.3 Å². The van der Waals surface area contributed by atoms with Crippen molar-refractivity contribution in [3.63, 3.8) is 0 Å². The Hall–Kier alpha value is -5.26. The van der Waals surface area contributed by atoms with Crippen LogP contribution >= 0.6 is 45.3 Å². The minimum Gasteiger partial charge on any atom is -0.469 e. The third kappa shape index (κ3) is 36.6. The Morgan fingerprint density at radius 3 is 0.922 bits per heavy atom. The Morgan fingerprint density at radius 1 is 0.255 bits per heavy atom. The van der Waals surface area contributed by atoms with E-state index < -0.39 is 0 Å². The van der Waals surface area contributed by atoms with Crippen LogP contribution in [0.1, 0.15) is 453 Å². The molecule has 0 aliphatic carbocycles. The van der Waals surface area contributed by atoms with Gasteiger partial charge >= 0.3 is 0 Å². The first-order chi connectivity index (χ1) is 47.5. The van der Waals surface area contributed by atoms with E-state index in [1.165, 1.54) is 80.1 Å². The maximum Gasteiger partial charge on any atom is 0.106 e. The van der Waals surface area contributed by atoms with Gasteiger partial charge in [-0.3, -0.25) is 9.97 Å². The van der Waals surface area contributed by atoms with Crippen LogP contribution in [-0.2, 0) is 0 Å². The zero-order valence-electron chi connectivity index (χ0n) is 71.2. The average molecular weight is 1470 g/mol. The molecule has 0 atom stereocenters. The van der Waals surface area contributed by atoms with Crippen molar-refractivity contribution in [2.45, 2.75) is 356 Å². The summed E-state index contributed by atoms with van der Waals surface area (Å²) in [5.41, 5.74) is 11.8. The van der Waals surface area contributed by atoms with Gasteiger partial charge in [0.1, 0.15) is 17.3 Å². The fraction of sp³-hybridized carbons (Fsp3) is 0.587. The number of thiophene rings is 2. The fourth-order valence-electron chi connectivity index (χ4n) is 9.07. The van der Waals surface area contributed by atoms with Gasteiger partial charge in [-0.1, -0.05) is 286 Å². The second-order valence-corrected chi connectivity index (χ2v) is 36.8. The predicted molar refractivity (Wildman–Crippen MR) is 459 cm³/mol. The van der Waals surface area contributed by atoms with Gasteiger partial charge in [0.05, 0.1) is 22.0 Å². The minimum atomic E-state index is 0.502. The molecule has 0 spiro atoms. The highest BCUT2D eigenvalue weighted by molar-refractivity contribution is 7.12. The molecule has 0 saturated heterocycles. The topological polar surface area (TPSA) is 77.8 Å². The first-order valence-corrected chi connectivity index (χ1v) is 42.2. The number of hydrogen-bond acceptors (Lipinski definition) is 10. The van der Waals surface area contributed by atoms with Crippen molar-refractivity contribution in [2.75, 3.05) is 0 Å². The van der Waals surface area contributed by atoms with E-state index in [9.17, 15) is 0 Å². The van der Waals surface area contributed by atoms with Gasteiger partial charge in [0.25, 0.3) is 0 Å². The summed E-state index contributed by atoms with van der Waals surface area (Å²) in [6, 6.07) is 32.7. The number of pyridine rings is 2. The highest BCUT2D eigenvalue weighted by Crippen LogP contribution is 2.32.